The van der Waals surface area contributed by atoms with Gasteiger partial charge >= 0.3 is 0 Å². The molecule has 2 aromatic rings. The number of nitrogens with zero attached hydrogens (tertiary/aromatic N) is 2. The number of nitrogens with two attached hydrogens (primary N) is 1. The molecule has 0 aliphatic rings. The molecule has 3 N–H and O–H groups in total. The Morgan fingerprint density at radius 2 is 1.84 bits per heavy atom. The average molecular weight is 260 g/mol. The minimum absolute atomic E-state index is 0.465. The minimum atomic E-state index is 0.465. The maximum atomic E-state index is 5.68. The summed E-state index contributed by atoms with van der Waals surface area (Å²) in [4.78, 5) is 8.07. The van der Waals surface area contributed by atoms with Crippen LogP contribution in [-0.2, 0) is 0 Å². The fraction of sp³-hybridized carbons (Fsp3) is 0.231. The van der Waals surface area contributed by atoms with E-state index in [0.717, 1.165) is 11.3 Å². The van der Waals surface area contributed by atoms with Gasteiger partial charge in [0.25, 0.3) is 0 Å². The van der Waals surface area contributed by atoms with Crippen LogP contribution < -0.4 is 20.7 Å². The lowest BCUT2D eigenvalue weighted by Gasteiger charge is -2.10. The second-order valence-corrected chi connectivity index (χ2v) is 3.80. The van der Waals surface area contributed by atoms with Crippen molar-refractivity contribution in [3.05, 3.63) is 36.2 Å². The summed E-state index contributed by atoms with van der Waals surface area (Å²) in [6.07, 6.45) is 1.39. The highest BCUT2D eigenvalue weighted by molar-refractivity contribution is 5.47. The fourth-order valence-corrected chi connectivity index (χ4v) is 1.56. The molecule has 0 radical (unpaired) electrons. The van der Waals surface area contributed by atoms with Crippen molar-refractivity contribution in [3.63, 3.8) is 0 Å². The quantitative estimate of drug-likeness (QED) is 0.634. The fourth-order valence-electron chi connectivity index (χ4n) is 1.56. The van der Waals surface area contributed by atoms with E-state index in [-0.39, 0.29) is 0 Å². The van der Waals surface area contributed by atoms with Crippen molar-refractivity contribution >= 4 is 5.82 Å². The minimum Gasteiger partial charge on any atom is -0.494 e. The molecule has 0 aliphatic heterocycles. The first-order chi connectivity index (χ1) is 9.24. The van der Waals surface area contributed by atoms with Crippen LogP contribution in [-0.4, -0.2) is 16.6 Å². The number of hydrogen-bond donors (Lipinski definition) is 2. The van der Waals surface area contributed by atoms with Gasteiger partial charge in [0.2, 0.25) is 5.88 Å². The van der Waals surface area contributed by atoms with Crippen molar-refractivity contribution in [1.29, 1.82) is 0 Å². The number of hydrazine groups is 1. The summed E-state index contributed by atoms with van der Waals surface area (Å²) in [5.74, 6) is 7.84. The molecule has 0 saturated heterocycles. The van der Waals surface area contributed by atoms with Crippen molar-refractivity contribution in [2.45, 2.75) is 13.8 Å². The highest BCUT2D eigenvalue weighted by Crippen LogP contribution is 2.26. The van der Waals surface area contributed by atoms with Crippen LogP contribution in [0.15, 0.2) is 30.6 Å². The largest absolute Gasteiger partial charge is 0.494 e. The maximum absolute atomic E-state index is 5.68. The maximum Gasteiger partial charge on any atom is 0.227 e. The molecule has 1 aromatic heterocycles. The van der Waals surface area contributed by atoms with E-state index in [4.69, 9.17) is 15.3 Å². The van der Waals surface area contributed by atoms with Crippen molar-refractivity contribution in [2.75, 3.05) is 12.0 Å². The third kappa shape index (κ3) is 3.11. The van der Waals surface area contributed by atoms with Crippen molar-refractivity contribution in [3.8, 4) is 17.4 Å². The van der Waals surface area contributed by atoms with E-state index in [1.807, 2.05) is 38.1 Å². The van der Waals surface area contributed by atoms with Crippen molar-refractivity contribution in [2.24, 2.45) is 5.84 Å². The standard InChI is InChI=1S/C13H16N4O2/c1-3-18-10-4-6-11(7-5-10)19-13-9(2)12(17-14)15-8-16-13/h4-8H,3,14H2,1-2H3,(H,15,16,17). The number of aromatic nitrogens is 2. The topological polar surface area (TPSA) is 82.3 Å². The van der Waals surface area contributed by atoms with Gasteiger partial charge in [-0.2, -0.15) is 0 Å². The van der Waals surface area contributed by atoms with E-state index in [9.17, 15) is 0 Å². The Kier molecular flexibility index (Phi) is 4.15. The predicted octanol–water partition coefficient (Wildman–Crippen LogP) is 2.26. The van der Waals surface area contributed by atoms with Crippen LogP contribution in [0.4, 0.5) is 5.82 Å². The zero-order valence-electron chi connectivity index (χ0n) is 10.9. The van der Waals surface area contributed by atoms with Gasteiger partial charge in [-0.15, -0.1) is 0 Å². The molecule has 0 bridgehead atoms. The lowest BCUT2D eigenvalue weighted by molar-refractivity contribution is 0.339. The van der Waals surface area contributed by atoms with Crippen molar-refractivity contribution in [1.82, 2.24) is 9.97 Å². The van der Waals surface area contributed by atoms with Crippen LogP contribution in [0.3, 0.4) is 0 Å². The van der Waals surface area contributed by atoms with Gasteiger partial charge in [0, 0.05) is 0 Å². The number of hydrogen-bond acceptors (Lipinski definition) is 6. The molecular formula is C13H16N4O2. The van der Waals surface area contributed by atoms with Gasteiger partial charge in [0.1, 0.15) is 23.6 Å². The van der Waals surface area contributed by atoms with Gasteiger partial charge in [0.05, 0.1) is 12.2 Å². The molecule has 100 valence electrons. The molecule has 0 fully saturated rings. The lowest BCUT2D eigenvalue weighted by Crippen LogP contribution is -2.10. The Morgan fingerprint density at radius 3 is 2.47 bits per heavy atom. The second kappa shape index (κ2) is 6.01. The molecule has 6 heteroatoms. The average Bonchev–Trinajstić information content (AvgIpc) is 2.43. The molecule has 2 rings (SSSR count). The number of nitrogen functional groups attached to an aromatic ring is 1. The summed E-state index contributed by atoms with van der Waals surface area (Å²) in [6.45, 7) is 4.41. The smallest absolute Gasteiger partial charge is 0.227 e. The first kappa shape index (κ1) is 13.1. The van der Waals surface area contributed by atoms with Crippen LogP contribution in [0.5, 0.6) is 17.4 Å². The van der Waals surface area contributed by atoms with Crippen molar-refractivity contribution < 1.29 is 9.47 Å². The molecule has 0 amide bonds. The van der Waals surface area contributed by atoms with E-state index >= 15 is 0 Å². The molecule has 1 aromatic carbocycles. The van der Waals surface area contributed by atoms with E-state index in [1.54, 1.807) is 0 Å². The molecule has 6 nitrogen and oxygen atoms in total. The van der Waals surface area contributed by atoms with Crippen LogP contribution in [0.2, 0.25) is 0 Å². The zero-order chi connectivity index (χ0) is 13.7. The molecule has 0 spiro atoms. The number of rotatable bonds is 5. The van der Waals surface area contributed by atoms with E-state index in [1.165, 1.54) is 6.33 Å². The van der Waals surface area contributed by atoms with Gasteiger partial charge < -0.3 is 14.9 Å². The Morgan fingerprint density at radius 1 is 1.16 bits per heavy atom. The Balaban J connectivity index is 2.16. The monoisotopic (exact) mass is 260 g/mol. The third-order valence-electron chi connectivity index (χ3n) is 2.52. The van der Waals surface area contributed by atoms with E-state index in [0.29, 0.717) is 24.1 Å². The number of nitrogens with one attached hydrogen (secondary N) is 1. The number of benzene rings is 1. The number of anilines is 1. The Labute approximate surface area is 111 Å². The first-order valence-electron chi connectivity index (χ1n) is 5.93. The molecule has 0 unspecified atom stereocenters. The van der Waals surface area contributed by atoms with Crippen LogP contribution in [0.1, 0.15) is 12.5 Å². The normalized spacial score (nSPS) is 10.1. The van der Waals surface area contributed by atoms with Gasteiger partial charge in [-0.1, -0.05) is 0 Å². The zero-order valence-corrected chi connectivity index (χ0v) is 10.9. The van der Waals surface area contributed by atoms with Gasteiger partial charge in [0.15, 0.2) is 0 Å². The lowest BCUT2D eigenvalue weighted by atomic mass is 10.3. The van der Waals surface area contributed by atoms with E-state index in [2.05, 4.69) is 15.4 Å². The summed E-state index contributed by atoms with van der Waals surface area (Å²) in [5.41, 5.74) is 3.25. The van der Waals surface area contributed by atoms with Crippen LogP contribution in [0.25, 0.3) is 0 Å². The second-order valence-electron chi connectivity index (χ2n) is 3.80. The predicted molar refractivity (Wildman–Crippen MR) is 72.3 cm³/mol. The van der Waals surface area contributed by atoms with Gasteiger partial charge in [-0.05, 0) is 38.1 Å². The summed E-state index contributed by atoms with van der Waals surface area (Å²) in [6, 6.07) is 7.33. The van der Waals surface area contributed by atoms with Gasteiger partial charge in [-0.3, -0.25) is 0 Å². The molecular weight excluding hydrogens is 244 g/mol. The summed E-state index contributed by atoms with van der Waals surface area (Å²) < 4.78 is 11.0. The Hall–Kier alpha value is -2.34. The highest BCUT2D eigenvalue weighted by Gasteiger charge is 2.08. The van der Waals surface area contributed by atoms with E-state index < -0.39 is 0 Å². The molecule has 19 heavy (non-hydrogen) atoms. The van der Waals surface area contributed by atoms with Crippen LogP contribution in [0, 0.1) is 6.92 Å². The summed E-state index contributed by atoms with van der Waals surface area (Å²) >= 11 is 0. The SMILES string of the molecule is CCOc1ccc(Oc2ncnc(NN)c2C)cc1. The third-order valence-corrected chi connectivity index (χ3v) is 2.52. The Bertz CT molecular complexity index is 543. The summed E-state index contributed by atoms with van der Waals surface area (Å²) in [7, 11) is 0. The van der Waals surface area contributed by atoms with Gasteiger partial charge in [-0.25, -0.2) is 15.8 Å². The molecule has 0 aliphatic carbocycles. The summed E-state index contributed by atoms with van der Waals surface area (Å²) in [5, 5.41) is 0. The first-order valence-corrected chi connectivity index (χ1v) is 5.93. The molecule has 1 heterocycles. The number of ether oxygens (including phenoxy) is 2. The molecule has 0 atom stereocenters. The molecule has 0 saturated carbocycles. The highest BCUT2D eigenvalue weighted by atomic mass is 16.5. The van der Waals surface area contributed by atoms with Crippen LogP contribution >= 0.6 is 0 Å².